The number of rotatable bonds is 4. The van der Waals surface area contributed by atoms with Crippen molar-refractivity contribution in [1.82, 2.24) is 14.7 Å². The average molecular weight is 442 g/mol. The van der Waals surface area contributed by atoms with Crippen molar-refractivity contribution in [2.75, 3.05) is 40.3 Å². The summed E-state index contributed by atoms with van der Waals surface area (Å²) < 4.78 is 28.5. The molecule has 32 heavy (non-hydrogen) atoms. The summed E-state index contributed by atoms with van der Waals surface area (Å²) in [7, 11) is 3.85. The highest BCUT2D eigenvalue weighted by Gasteiger charge is 2.46. The molecule has 1 atom stereocenters. The summed E-state index contributed by atoms with van der Waals surface area (Å²) >= 11 is 0. The first-order chi connectivity index (χ1) is 15.4. The number of carbonyl (C=O) groups is 1. The standard InChI is InChI=1S/C25H29F2N3O2/c1-28-12-10-21(11-13-28)29(2)24(32)30-16-18(22-14-20(26)8-9-23(22)27)15-25(30,17-31)19-6-4-3-5-7-19/h3-9,14-15,21,31H,10-13,16-17H2,1-2H3. The SMILES string of the molecule is CN1CCC(N(C)C(=O)N2CC(c3cc(F)ccc3F)=CC2(CO)c2ccccc2)CC1. The third-order valence-corrected chi connectivity index (χ3v) is 6.78. The van der Waals surface area contributed by atoms with E-state index in [1.807, 2.05) is 30.3 Å². The zero-order chi connectivity index (χ0) is 22.9. The number of halogens is 2. The largest absolute Gasteiger partial charge is 0.393 e. The Morgan fingerprint density at radius 1 is 1.16 bits per heavy atom. The molecular formula is C25H29F2N3O2. The van der Waals surface area contributed by atoms with E-state index in [2.05, 4.69) is 11.9 Å². The lowest BCUT2D eigenvalue weighted by atomic mass is 9.89. The summed E-state index contributed by atoms with van der Waals surface area (Å²) in [6, 6.07) is 12.4. The molecular weight excluding hydrogens is 412 g/mol. The number of urea groups is 1. The van der Waals surface area contributed by atoms with E-state index >= 15 is 0 Å². The Bertz CT molecular complexity index is 1010. The Morgan fingerprint density at radius 3 is 2.50 bits per heavy atom. The highest BCUT2D eigenvalue weighted by molar-refractivity contribution is 5.83. The zero-order valence-electron chi connectivity index (χ0n) is 18.5. The summed E-state index contributed by atoms with van der Waals surface area (Å²) in [6.45, 7) is 1.52. The molecule has 170 valence electrons. The Labute approximate surface area is 187 Å². The molecule has 7 heteroatoms. The summed E-state index contributed by atoms with van der Waals surface area (Å²) in [5, 5.41) is 10.6. The summed E-state index contributed by atoms with van der Waals surface area (Å²) in [5.41, 5.74) is 0.145. The van der Waals surface area contributed by atoms with E-state index in [0.717, 1.165) is 49.7 Å². The van der Waals surface area contributed by atoms with Crippen LogP contribution in [0, 0.1) is 11.6 Å². The van der Waals surface area contributed by atoms with Gasteiger partial charge in [-0.25, -0.2) is 13.6 Å². The second kappa shape index (κ2) is 9.00. The lowest BCUT2D eigenvalue weighted by Gasteiger charge is -2.42. The van der Waals surface area contributed by atoms with Gasteiger partial charge in [-0.3, -0.25) is 0 Å². The normalized spacial score (nSPS) is 22.2. The van der Waals surface area contributed by atoms with Crippen LogP contribution in [-0.4, -0.2) is 72.2 Å². The van der Waals surface area contributed by atoms with Crippen LogP contribution in [0.1, 0.15) is 24.0 Å². The third kappa shape index (κ3) is 4.02. The number of aliphatic hydroxyl groups excluding tert-OH is 1. The number of aliphatic hydroxyl groups is 1. The topological polar surface area (TPSA) is 47.0 Å². The number of piperidine rings is 1. The minimum atomic E-state index is -1.16. The molecule has 0 spiro atoms. The highest BCUT2D eigenvalue weighted by Crippen LogP contribution is 2.41. The Morgan fingerprint density at radius 2 is 1.84 bits per heavy atom. The van der Waals surface area contributed by atoms with Crippen molar-refractivity contribution in [3.05, 3.63) is 77.4 Å². The molecule has 1 saturated heterocycles. The molecule has 0 aliphatic carbocycles. The maximum Gasteiger partial charge on any atom is 0.321 e. The molecule has 1 N–H and O–H groups in total. The first kappa shape index (κ1) is 22.4. The van der Waals surface area contributed by atoms with Gasteiger partial charge in [0.25, 0.3) is 0 Å². The second-order valence-corrected chi connectivity index (χ2v) is 8.76. The summed E-state index contributed by atoms with van der Waals surface area (Å²) in [6.07, 6.45) is 3.44. The average Bonchev–Trinajstić information content (AvgIpc) is 3.21. The van der Waals surface area contributed by atoms with E-state index in [9.17, 15) is 18.7 Å². The minimum absolute atomic E-state index is 0.0750. The van der Waals surface area contributed by atoms with Crippen LogP contribution in [0.25, 0.3) is 5.57 Å². The van der Waals surface area contributed by atoms with E-state index in [1.54, 1.807) is 22.9 Å². The lowest BCUT2D eigenvalue weighted by Crippen LogP contribution is -2.55. The molecule has 1 unspecified atom stereocenters. The van der Waals surface area contributed by atoms with Crippen molar-refractivity contribution < 1.29 is 18.7 Å². The molecule has 0 aromatic heterocycles. The van der Waals surface area contributed by atoms with Gasteiger partial charge in [0, 0.05) is 25.2 Å². The fraction of sp³-hybridized carbons (Fsp3) is 0.400. The molecule has 2 aliphatic heterocycles. The van der Waals surface area contributed by atoms with Gasteiger partial charge in [-0.2, -0.15) is 0 Å². The molecule has 1 fully saturated rings. The van der Waals surface area contributed by atoms with Crippen LogP contribution >= 0.6 is 0 Å². The molecule has 0 saturated carbocycles. The Balaban J connectivity index is 1.73. The van der Waals surface area contributed by atoms with Gasteiger partial charge in [-0.05, 0) is 68.4 Å². The van der Waals surface area contributed by atoms with Crippen LogP contribution in [0.2, 0.25) is 0 Å². The van der Waals surface area contributed by atoms with Crippen molar-refractivity contribution in [2.45, 2.75) is 24.4 Å². The summed E-state index contributed by atoms with van der Waals surface area (Å²) in [4.78, 5) is 19.3. The van der Waals surface area contributed by atoms with Gasteiger partial charge in [0.15, 0.2) is 0 Å². The number of nitrogens with zero attached hydrogens (tertiary/aromatic N) is 3. The number of amides is 2. The first-order valence-corrected chi connectivity index (χ1v) is 10.9. The van der Waals surface area contributed by atoms with Gasteiger partial charge in [-0.15, -0.1) is 0 Å². The fourth-order valence-corrected chi connectivity index (χ4v) is 4.79. The van der Waals surface area contributed by atoms with Gasteiger partial charge in [0.05, 0.1) is 6.61 Å². The zero-order valence-corrected chi connectivity index (χ0v) is 18.5. The van der Waals surface area contributed by atoms with Crippen LogP contribution in [0.15, 0.2) is 54.6 Å². The predicted molar refractivity (Wildman–Crippen MR) is 120 cm³/mol. The smallest absolute Gasteiger partial charge is 0.321 e. The number of hydrogen-bond donors (Lipinski definition) is 1. The molecule has 5 nitrogen and oxygen atoms in total. The third-order valence-electron chi connectivity index (χ3n) is 6.78. The number of hydrogen-bond acceptors (Lipinski definition) is 3. The van der Waals surface area contributed by atoms with Gasteiger partial charge >= 0.3 is 6.03 Å². The van der Waals surface area contributed by atoms with Crippen LogP contribution in [0.5, 0.6) is 0 Å². The van der Waals surface area contributed by atoms with Crippen LogP contribution < -0.4 is 0 Å². The molecule has 2 aromatic rings. The molecule has 0 radical (unpaired) electrons. The lowest BCUT2D eigenvalue weighted by molar-refractivity contribution is 0.0704. The first-order valence-electron chi connectivity index (χ1n) is 10.9. The maximum atomic E-state index is 14.6. The molecule has 2 aromatic carbocycles. The minimum Gasteiger partial charge on any atom is -0.393 e. The van der Waals surface area contributed by atoms with Crippen molar-refractivity contribution in [3.63, 3.8) is 0 Å². The van der Waals surface area contributed by atoms with Crippen molar-refractivity contribution in [3.8, 4) is 0 Å². The molecule has 2 heterocycles. The summed E-state index contributed by atoms with van der Waals surface area (Å²) in [5.74, 6) is -1.11. The highest BCUT2D eigenvalue weighted by atomic mass is 19.1. The maximum absolute atomic E-state index is 14.6. The molecule has 4 rings (SSSR count). The molecule has 2 amide bonds. The number of carbonyl (C=O) groups excluding carboxylic acids is 1. The number of likely N-dealkylation sites (tertiary alicyclic amines) is 1. The van der Waals surface area contributed by atoms with E-state index in [4.69, 9.17) is 0 Å². The number of benzene rings is 2. The van der Waals surface area contributed by atoms with E-state index in [-0.39, 0.29) is 30.8 Å². The Hall–Kier alpha value is -2.77. The monoisotopic (exact) mass is 441 g/mol. The quantitative estimate of drug-likeness (QED) is 0.787. The van der Waals surface area contributed by atoms with Crippen LogP contribution in [0.3, 0.4) is 0 Å². The predicted octanol–water partition coefficient (Wildman–Crippen LogP) is 3.70. The van der Waals surface area contributed by atoms with E-state index in [1.165, 1.54) is 0 Å². The van der Waals surface area contributed by atoms with Crippen LogP contribution in [-0.2, 0) is 5.54 Å². The molecule has 0 bridgehead atoms. The Kier molecular flexibility index (Phi) is 6.31. The van der Waals surface area contributed by atoms with Crippen molar-refractivity contribution >= 4 is 11.6 Å². The second-order valence-electron chi connectivity index (χ2n) is 8.76. The van der Waals surface area contributed by atoms with Crippen LogP contribution in [0.4, 0.5) is 13.6 Å². The van der Waals surface area contributed by atoms with Crippen molar-refractivity contribution in [1.29, 1.82) is 0 Å². The van der Waals surface area contributed by atoms with Gasteiger partial charge in [-0.1, -0.05) is 30.3 Å². The fourth-order valence-electron chi connectivity index (χ4n) is 4.79. The van der Waals surface area contributed by atoms with E-state index in [0.29, 0.717) is 5.57 Å². The van der Waals surface area contributed by atoms with Crippen molar-refractivity contribution in [2.24, 2.45) is 0 Å². The van der Waals surface area contributed by atoms with Gasteiger partial charge < -0.3 is 19.8 Å². The van der Waals surface area contributed by atoms with E-state index < -0.39 is 17.2 Å². The molecule has 2 aliphatic rings. The van der Waals surface area contributed by atoms with Gasteiger partial charge in [0.1, 0.15) is 17.2 Å². The van der Waals surface area contributed by atoms with Gasteiger partial charge in [0.2, 0.25) is 0 Å².